The Kier molecular flexibility index (Phi) is 2.42. The largest absolute Gasteiger partial charge is 0.290 e. The van der Waals surface area contributed by atoms with Crippen molar-refractivity contribution in [2.45, 2.75) is 13.3 Å². The van der Waals surface area contributed by atoms with Crippen molar-refractivity contribution >= 4 is 5.69 Å². The van der Waals surface area contributed by atoms with E-state index < -0.39 is 0 Å². The van der Waals surface area contributed by atoms with Gasteiger partial charge in [0.25, 0.3) is 0 Å². The van der Waals surface area contributed by atoms with Crippen LogP contribution >= 0.6 is 0 Å². The minimum absolute atomic E-state index is 1.07. The first-order valence-electron chi connectivity index (χ1n) is 5.30. The fourth-order valence-corrected chi connectivity index (χ4v) is 2.26. The SMILES string of the molecule is CC=CC[N@+]1(C)CCc2ccccc21. The van der Waals surface area contributed by atoms with Crippen LogP contribution in [0.1, 0.15) is 12.5 Å². The van der Waals surface area contributed by atoms with Gasteiger partial charge in [0.2, 0.25) is 0 Å². The molecular formula is C13H18N+. The van der Waals surface area contributed by atoms with Gasteiger partial charge in [-0.2, -0.15) is 0 Å². The van der Waals surface area contributed by atoms with E-state index in [-0.39, 0.29) is 0 Å². The molecule has 2 rings (SSSR count). The van der Waals surface area contributed by atoms with Gasteiger partial charge in [-0.05, 0) is 19.1 Å². The summed E-state index contributed by atoms with van der Waals surface area (Å²) in [6, 6.07) is 8.82. The van der Waals surface area contributed by atoms with E-state index in [2.05, 4.69) is 50.4 Å². The molecule has 1 aromatic rings. The normalized spacial score (nSPS) is 25.6. The number of para-hydroxylation sites is 1. The molecule has 0 radical (unpaired) electrons. The highest BCUT2D eigenvalue weighted by Crippen LogP contribution is 2.32. The molecule has 1 aliphatic rings. The molecule has 0 N–H and O–H groups in total. The average molecular weight is 188 g/mol. The predicted octanol–water partition coefficient (Wildman–Crippen LogP) is 2.76. The maximum absolute atomic E-state index is 2.33. The lowest BCUT2D eigenvalue weighted by molar-refractivity contribution is 0.394. The number of likely N-dealkylation sites (N-methyl/N-ethyl adjacent to an activating group) is 1. The topological polar surface area (TPSA) is 0 Å². The maximum atomic E-state index is 2.33. The van der Waals surface area contributed by atoms with Gasteiger partial charge in [-0.15, -0.1) is 0 Å². The second-order valence-corrected chi connectivity index (χ2v) is 4.25. The Bertz CT molecular complexity index is 354. The number of benzene rings is 1. The van der Waals surface area contributed by atoms with Crippen molar-refractivity contribution in [3.63, 3.8) is 0 Å². The first-order valence-corrected chi connectivity index (χ1v) is 5.30. The van der Waals surface area contributed by atoms with Crippen LogP contribution in [0.5, 0.6) is 0 Å². The second kappa shape index (κ2) is 3.58. The number of rotatable bonds is 2. The molecule has 0 saturated heterocycles. The van der Waals surface area contributed by atoms with Crippen LogP contribution in [-0.2, 0) is 6.42 Å². The predicted molar refractivity (Wildman–Crippen MR) is 62.4 cm³/mol. The molecule has 0 amide bonds. The van der Waals surface area contributed by atoms with Crippen LogP contribution in [0, 0.1) is 0 Å². The molecule has 1 heterocycles. The molecule has 0 bridgehead atoms. The Morgan fingerprint density at radius 3 is 2.93 bits per heavy atom. The molecule has 0 spiro atoms. The van der Waals surface area contributed by atoms with E-state index >= 15 is 0 Å². The molecule has 1 aliphatic heterocycles. The van der Waals surface area contributed by atoms with Crippen LogP contribution in [-0.4, -0.2) is 20.1 Å². The summed E-state index contributed by atoms with van der Waals surface area (Å²) in [6.07, 6.45) is 5.64. The first-order chi connectivity index (χ1) is 6.76. The molecule has 1 atom stereocenters. The Morgan fingerprint density at radius 2 is 2.14 bits per heavy atom. The highest BCUT2D eigenvalue weighted by Gasteiger charge is 2.32. The molecule has 74 valence electrons. The van der Waals surface area contributed by atoms with Gasteiger partial charge in [0.1, 0.15) is 12.2 Å². The second-order valence-electron chi connectivity index (χ2n) is 4.25. The number of hydrogen-bond acceptors (Lipinski definition) is 0. The van der Waals surface area contributed by atoms with E-state index in [0.29, 0.717) is 0 Å². The van der Waals surface area contributed by atoms with E-state index in [1.54, 1.807) is 0 Å². The zero-order chi connectivity index (χ0) is 10.0. The molecule has 0 unspecified atom stereocenters. The first kappa shape index (κ1) is 9.47. The molecular weight excluding hydrogens is 170 g/mol. The average Bonchev–Trinajstić information content (AvgIpc) is 2.55. The minimum Gasteiger partial charge on any atom is -0.290 e. The third kappa shape index (κ3) is 1.48. The van der Waals surface area contributed by atoms with Crippen LogP contribution in [0.2, 0.25) is 0 Å². The van der Waals surface area contributed by atoms with Gasteiger partial charge in [-0.1, -0.05) is 24.3 Å². The van der Waals surface area contributed by atoms with Gasteiger partial charge in [0.15, 0.2) is 0 Å². The Morgan fingerprint density at radius 1 is 1.36 bits per heavy atom. The maximum Gasteiger partial charge on any atom is 0.136 e. The number of quaternary nitrogens is 1. The van der Waals surface area contributed by atoms with E-state index in [9.17, 15) is 0 Å². The number of fused-ring (bicyclic) bond motifs is 1. The summed E-state index contributed by atoms with van der Waals surface area (Å²) in [5.41, 5.74) is 3.03. The standard InChI is InChI=1S/C13H18N/c1-3-4-10-14(2)11-9-12-7-5-6-8-13(12)14/h3-8H,9-11H2,1-2H3/q+1/t14-/m1/s1. The Balaban J connectivity index is 2.32. The van der Waals surface area contributed by atoms with E-state index in [4.69, 9.17) is 0 Å². The molecule has 0 aromatic heterocycles. The van der Waals surface area contributed by atoms with Crippen LogP contribution in [0.4, 0.5) is 5.69 Å². The minimum atomic E-state index is 1.07. The Hall–Kier alpha value is -1.08. The number of allylic oxidation sites excluding steroid dienone is 1. The summed E-state index contributed by atoms with van der Waals surface area (Å²) in [4.78, 5) is 0. The Labute approximate surface area is 86.3 Å². The third-order valence-corrected chi connectivity index (χ3v) is 3.19. The van der Waals surface area contributed by atoms with Gasteiger partial charge in [-0.25, -0.2) is 0 Å². The zero-order valence-electron chi connectivity index (χ0n) is 9.03. The molecule has 0 aliphatic carbocycles. The molecule has 0 saturated carbocycles. The van der Waals surface area contributed by atoms with Crippen LogP contribution in [0.25, 0.3) is 0 Å². The molecule has 14 heavy (non-hydrogen) atoms. The van der Waals surface area contributed by atoms with Crippen molar-refractivity contribution in [2.24, 2.45) is 0 Å². The lowest BCUT2D eigenvalue weighted by Crippen LogP contribution is -2.43. The van der Waals surface area contributed by atoms with Crippen molar-refractivity contribution < 1.29 is 0 Å². The highest BCUT2D eigenvalue weighted by molar-refractivity contribution is 5.54. The van der Waals surface area contributed by atoms with E-state index in [1.165, 1.54) is 24.2 Å². The van der Waals surface area contributed by atoms with Crippen molar-refractivity contribution in [1.82, 2.24) is 4.48 Å². The summed E-state index contributed by atoms with van der Waals surface area (Å²) in [6.45, 7) is 4.45. The fourth-order valence-electron chi connectivity index (χ4n) is 2.26. The molecule has 1 heteroatoms. The number of nitrogens with zero attached hydrogens (tertiary/aromatic N) is 1. The summed E-state index contributed by atoms with van der Waals surface area (Å²) in [5, 5.41) is 0. The van der Waals surface area contributed by atoms with Crippen LogP contribution in [0.15, 0.2) is 36.4 Å². The lowest BCUT2D eigenvalue weighted by atomic mass is 10.2. The van der Waals surface area contributed by atoms with Gasteiger partial charge >= 0.3 is 0 Å². The zero-order valence-corrected chi connectivity index (χ0v) is 9.03. The van der Waals surface area contributed by atoms with Crippen molar-refractivity contribution in [2.75, 3.05) is 20.1 Å². The van der Waals surface area contributed by atoms with Crippen LogP contribution in [0.3, 0.4) is 0 Å². The smallest absolute Gasteiger partial charge is 0.136 e. The summed E-state index contributed by atoms with van der Waals surface area (Å²) >= 11 is 0. The van der Waals surface area contributed by atoms with Gasteiger partial charge in [0, 0.05) is 12.0 Å². The summed E-state index contributed by atoms with van der Waals surface area (Å²) in [5.74, 6) is 0. The van der Waals surface area contributed by atoms with E-state index in [0.717, 1.165) is 11.0 Å². The summed E-state index contributed by atoms with van der Waals surface area (Å²) in [7, 11) is 2.33. The van der Waals surface area contributed by atoms with Crippen molar-refractivity contribution in [3.8, 4) is 0 Å². The lowest BCUT2D eigenvalue weighted by Gasteiger charge is -2.28. The fraction of sp³-hybridized carbons (Fsp3) is 0.385. The van der Waals surface area contributed by atoms with Crippen molar-refractivity contribution in [3.05, 3.63) is 42.0 Å². The molecule has 1 aromatic carbocycles. The quantitative estimate of drug-likeness (QED) is 0.494. The summed E-state index contributed by atoms with van der Waals surface area (Å²) < 4.78 is 1.07. The van der Waals surface area contributed by atoms with Gasteiger partial charge < -0.3 is 0 Å². The van der Waals surface area contributed by atoms with Gasteiger partial charge in [0.05, 0.1) is 13.6 Å². The van der Waals surface area contributed by atoms with Crippen LogP contribution < -0.4 is 4.48 Å². The number of hydrogen-bond donors (Lipinski definition) is 0. The van der Waals surface area contributed by atoms with Crippen molar-refractivity contribution in [1.29, 1.82) is 0 Å². The molecule has 1 nitrogen and oxygen atoms in total. The monoisotopic (exact) mass is 188 g/mol. The van der Waals surface area contributed by atoms with E-state index in [1.807, 2.05) is 0 Å². The molecule has 0 fully saturated rings. The van der Waals surface area contributed by atoms with Gasteiger partial charge in [-0.3, -0.25) is 4.48 Å². The third-order valence-electron chi connectivity index (χ3n) is 3.19. The highest BCUT2D eigenvalue weighted by atomic mass is 15.3.